The minimum atomic E-state index is -1.55. The molecule has 5 unspecified atom stereocenters. The third-order valence-corrected chi connectivity index (χ3v) is 4.04. The second-order valence-corrected chi connectivity index (χ2v) is 6.47. The largest absolute Gasteiger partial charge is 0.480 e. The van der Waals surface area contributed by atoms with Crippen molar-refractivity contribution in [3.05, 3.63) is 0 Å². The molecule has 4 amide bonds. The molecule has 28 heavy (non-hydrogen) atoms. The molecule has 0 rings (SSSR count). The van der Waals surface area contributed by atoms with Gasteiger partial charge in [-0.15, -0.1) is 0 Å². The fraction of sp³-hybridized carbons (Fsp3) is 0.688. The van der Waals surface area contributed by atoms with Crippen LogP contribution in [-0.4, -0.2) is 70.6 Å². The van der Waals surface area contributed by atoms with E-state index in [-0.39, 0.29) is 0 Å². The minimum absolute atomic E-state index is 0.421. The van der Waals surface area contributed by atoms with Crippen LogP contribution in [-0.2, 0) is 24.0 Å². The van der Waals surface area contributed by atoms with E-state index in [9.17, 15) is 24.0 Å². The van der Waals surface area contributed by atoms with Crippen molar-refractivity contribution < 1.29 is 34.2 Å². The summed E-state index contributed by atoms with van der Waals surface area (Å²) < 4.78 is 0. The third kappa shape index (κ3) is 8.31. The molecule has 0 saturated heterocycles. The molecule has 0 aromatic carbocycles. The van der Waals surface area contributed by atoms with E-state index in [4.69, 9.17) is 21.7 Å². The molecule has 0 aromatic rings. The standard InChI is InChI=1S/C16H29N5O7/c1-4-7(2)12(15(26)20-10(6-22)16(27)28)21-14(25)9(5-11(18)23)19-13(24)8(3)17/h7-10,12,22H,4-6,17H2,1-3H3,(H2,18,23)(H,19,24)(H,20,26)(H,21,25)(H,27,28). The van der Waals surface area contributed by atoms with Gasteiger partial charge < -0.3 is 37.6 Å². The summed E-state index contributed by atoms with van der Waals surface area (Å²) in [5, 5.41) is 24.8. The highest BCUT2D eigenvalue weighted by atomic mass is 16.4. The Morgan fingerprint density at radius 3 is 1.86 bits per heavy atom. The molecule has 0 aliphatic heterocycles. The zero-order chi connectivity index (χ0) is 22.0. The van der Waals surface area contributed by atoms with Crippen LogP contribution >= 0.6 is 0 Å². The molecule has 160 valence electrons. The first-order valence-corrected chi connectivity index (χ1v) is 8.73. The molecule has 5 atom stereocenters. The Balaban J connectivity index is 5.42. The molecule has 0 bridgehead atoms. The van der Waals surface area contributed by atoms with Gasteiger partial charge in [0.2, 0.25) is 23.6 Å². The number of aliphatic carboxylic acids is 1. The molecular weight excluding hydrogens is 374 g/mol. The van der Waals surface area contributed by atoms with E-state index < -0.39 is 72.7 Å². The fourth-order valence-electron chi connectivity index (χ4n) is 2.12. The third-order valence-electron chi connectivity index (χ3n) is 4.04. The van der Waals surface area contributed by atoms with Crippen molar-refractivity contribution in [2.45, 2.75) is 57.8 Å². The molecule has 0 spiro atoms. The number of rotatable bonds is 12. The van der Waals surface area contributed by atoms with Crippen molar-refractivity contribution in [2.24, 2.45) is 17.4 Å². The lowest BCUT2D eigenvalue weighted by atomic mass is 9.97. The lowest BCUT2D eigenvalue weighted by Crippen LogP contribution is -2.59. The van der Waals surface area contributed by atoms with Crippen LogP contribution in [0.5, 0.6) is 0 Å². The number of carbonyl (C=O) groups is 5. The van der Waals surface area contributed by atoms with Gasteiger partial charge >= 0.3 is 5.97 Å². The highest BCUT2D eigenvalue weighted by Gasteiger charge is 2.32. The topological polar surface area (TPSA) is 214 Å². The second kappa shape index (κ2) is 11.9. The summed E-state index contributed by atoms with van der Waals surface area (Å²) >= 11 is 0. The summed E-state index contributed by atoms with van der Waals surface area (Å²) in [4.78, 5) is 59.0. The van der Waals surface area contributed by atoms with Gasteiger partial charge in [-0.1, -0.05) is 20.3 Å². The molecular formula is C16H29N5O7. The minimum Gasteiger partial charge on any atom is -0.480 e. The van der Waals surface area contributed by atoms with Crippen LogP contribution in [0, 0.1) is 5.92 Å². The van der Waals surface area contributed by atoms with Crippen molar-refractivity contribution in [2.75, 3.05) is 6.61 Å². The van der Waals surface area contributed by atoms with Gasteiger partial charge in [0.15, 0.2) is 0 Å². The van der Waals surface area contributed by atoms with E-state index in [1.807, 2.05) is 0 Å². The highest BCUT2D eigenvalue weighted by Crippen LogP contribution is 2.09. The van der Waals surface area contributed by atoms with E-state index in [1.165, 1.54) is 6.92 Å². The Labute approximate surface area is 162 Å². The molecule has 0 aromatic heterocycles. The van der Waals surface area contributed by atoms with E-state index in [2.05, 4.69) is 16.0 Å². The van der Waals surface area contributed by atoms with Crippen LogP contribution in [0.3, 0.4) is 0 Å². The zero-order valence-corrected chi connectivity index (χ0v) is 16.1. The summed E-state index contributed by atoms with van der Waals surface area (Å²) in [7, 11) is 0. The first kappa shape index (κ1) is 25.3. The number of carbonyl (C=O) groups excluding carboxylic acids is 4. The lowest BCUT2D eigenvalue weighted by molar-refractivity contribution is -0.143. The highest BCUT2D eigenvalue weighted by molar-refractivity contribution is 5.96. The van der Waals surface area contributed by atoms with Crippen LogP contribution in [0.1, 0.15) is 33.6 Å². The molecule has 0 radical (unpaired) electrons. The van der Waals surface area contributed by atoms with Crippen LogP contribution in [0.15, 0.2) is 0 Å². The number of aliphatic hydroxyl groups excluding tert-OH is 1. The van der Waals surface area contributed by atoms with Gasteiger partial charge in [-0.3, -0.25) is 19.2 Å². The molecule has 0 heterocycles. The van der Waals surface area contributed by atoms with Gasteiger partial charge in [0.05, 0.1) is 19.1 Å². The van der Waals surface area contributed by atoms with E-state index in [0.717, 1.165) is 0 Å². The molecule has 0 fully saturated rings. The van der Waals surface area contributed by atoms with Crippen molar-refractivity contribution in [1.29, 1.82) is 0 Å². The first-order valence-electron chi connectivity index (χ1n) is 8.73. The van der Waals surface area contributed by atoms with E-state index >= 15 is 0 Å². The van der Waals surface area contributed by atoms with Crippen molar-refractivity contribution in [3.63, 3.8) is 0 Å². The smallest absolute Gasteiger partial charge is 0.328 e. The fourth-order valence-corrected chi connectivity index (χ4v) is 2.12. The molecule has 0 saturated carbocycles. The van der Waals surface area contributed by atoms with Gasteiger partial charge in [-0.2, -0.15) is 0 Å². The van der Waals surface area contributed by atoms with Crippen molar-refractivity contribution in [3.8, 4) is 0 Å². The normalized spacial score (nSPS) is 16.0. The van der Waals surface area contributed by atoms with E-state index in [0.29, 0.717) is 6.42 Å². The predicted octanol–water partition coefficient (Wildman–Crippen LogP) is -3.21. The summed E-state index contributed by atoms with van der Waals surface area (Å²) in [6.07, 6.45) is -0.0740. The van der Waals surface area contributed by atoms with Crippen LogP contribution < -0.4 is 27.4 Å². The summed E-state index contributed by atoms with van der Waals surface area (Å²) in [6.45, 7) is 3.93. The number of hydrogen-bond donors (Lipinski definition) is 7. The SMILES string of the molecule is CCC(C)C(NC(=O)C(CC(N)=O)NC(=O)C(C)N)C(=O)NC(CO)C(=O)O. The average Bonchev–Trinajstić information content (AvgIpc) is 2.61. The average molecular weight is 403 g/mol. The zero-order valence-electron chi connectivity index (χ0n) is 16.1. The molecule has 12 nitrogen and oxygen atoms in total. The van der Waals surface area contributed by atoms with Crippen molar-refractivity contribution >= 4 is 29.6 Å². The van der Waals surface area contributed by atoms with Crippen molar-refractivity contribution in [1.82, 2.24) is 16.0 Å². The Morgan fingerprint density at radius 2 is 1.46 bits per heavy atom. The number of carboxylic acid groups (broad SMARTS) is 1. The van der Waals surface area contributed by atoms with Gasteiger partial charge in [0.25, 0.3) is 0 Å². The number of primary amides is 1. The van der Waals surface area contributed by atoms with Crippen LogP contribution in [0.4, 0.5) is 0 Å². The molecule has 0 aliphatic carbocycles. The number of hydrogen-bond acceptors (Lipinski definition) is 7. The lowest BCUT2D eigenvalue weighted by Gasteiger charge is -2.27. The van der Waals surface area contributed by atoms with Gasteiger partial charge in [-0.25, -0.2) is 4.79 Å². The Kier molecular flexibility index (Phi) is 10.7. The quantitative estimate of drug-likeness (QED) is 0.175. The predicted molar refractivity (Wildman–Crippen MR) is 97.4 cm³/mol. The van der Waals surface area contributed by atoms with Gasteiger partial charge in [-0.05, 0) is 12.8 Å². The van der Waals surface area contributed by atoms with E-state index in [1.54, 1.807) is 13.8 Å². The Bertz CT molecular complexity index is 596. The van der Waals surface area contributed by atoms with Gasteiger partial charge in [0, 0.05) is 0 Å². The number of aliphatic hydroxyl groups is 1. The van der Waals surface area contributed by atoms with Gasteiger partial charge in [0.1, 0.15) is 18.1 Å². The Hall–Kier alpha value is -2.73. The van der Waals surface area contributed by atoms with Crippen LogP contribution in [0.25, 0.3) is 0 Å². The number of nitrogens with one attached hydrogen (secondary N) is 3. The number of amides is 4. The molecule has 0 aliphatic rings. The summed E-state index contributed by atoms with van der Waals surface area (Å²) in [6, 6.07) is -5.02. The maximum Gasteiger partial charge on any atom is 0.328 e. The first-order chi connectivity index (χ1) is 12.9. The van der Waals surface area contributed by atoms with Crippen LogP contribution in [0.2, 0.25) is 0 Å². The number of nitrogens with two attached hydrogens (primary N) is 2. The monoisotopic (exact) mass is 403 g/mol. The summed E-state index contributed by atoms with van der Waals surface area (Å²) in [5.74, 6) is -5.11. The maximum atomic E-state index is 12.5. The Morgan fingerprint density at radius 1 is 0.929 bits per heavy atom. The number of carboxylic acids is 1. The molecule has 12 heteroatoms. The maximum absolute atomic E-state index is 12.5. The second-order valence-electron chi connectivity index (χ2n) is 6.47. The summed E-state index contributed by atoms with van der Waals surface area (Å²) in [5.41, 5.74) is 10.5. The molecule has 9 N–H and O–H groups in total.